The molecule has 0 saturated carbocycles. The number of carbonyl (C=O) groups excluding carboxylic acids is 2. The van der Waals surface area contributed by atoms with Crippen LogP contribution in [-0.4, -0.2) is 33.2 Å². The number of ether oxygens (including phenoxy) is 1. The lowest BCUT2D eigenvalue weighted by Crippen LogP contribution is -2.26. The lowest BCUT2D eigenvalue weighted by Gasteiger charge is -2.10. The van der Waals surface area contributed by atoms with Crippen molar-refractivity contribution >= 4 is 44.7 Å². The number of nitrogens with zero attached hydrogens (tertiary/aromatic N) is 3. The Morgan fingerprint density at radius 1 is 1.26 bits per heavy atom. The minimum atomic E-state index is -0.826. The highest BCUT2D eigenvalue weighted by Crippen LogP contribution is 2.31. The molecule has 1 amide bonds. The number of nitro groups is 1. The molecule has 1 N–H and O–H groups in total. The highest BCUT2D eigenvalue weighted by molar-refractivity contribution is 7.16. The lowest BCUT2D eigenvalue weighted by molar-refractivity contribution is -0.385. The molecule has 35 heavy (non-hydrogen) atoms. The van der Waals surface area contributed by atoms with Crippen LogP contribution < -0.4 is 10.9 Å². The average Bonchev–Trinajstić information content (AvgIpc) is 3.24. The molecule has 4 aromatic rings. The van der Waals surface area contributed by atoms with Crippen LogP contribution in [0.5, 0.6) is 0 Å². The predicted octanol–water partition coefficient (Wildman–Crippen LogP) is 4.23. The number of halogens is 1. The van der Waals surface area contributed by atoms with Crippen molar-refractivity contribution in [2.75, 3.05) is 11.9 Å². The summed E-state index contributed by atoms with van der Waals surface area (Å²) in [5.74, 6) is -2.28. The largest absolute Gasteiger partial charge is 0.461 e. The van der Waals surface area contributed by atoms with Crippen molar-refractivity contribution < 1.29 is 23.6 Å². The second-order valence-corrected chi connectivity index (χ2v) is 8.18. The first-order valence-electron chi connectivity index (χ1n) is 10.3. The lowest BCUT2D eigenvalue weighted by atomic mass is 10.1. The van der Waals surface area contributed by atoms with Crippen LogP contribution in [0.1, 0.15) is 33.3 Å². The first-order chi connectivity index (χ1) is 16.7. The van der Waals surface area contributed by atoms with Crippen LogP contribution in [0, 0.1) is 22.9 Å². The van der Waals surface area contributed by atoms with E-state index in [0.29, 0.717) is 5.56 Å². The number of carbonyl (C=O) groups is 2. The van der Waals surface area contributed by atoms with Crippen LogP contribution >= 0.6 is 11.3 Å². The molecule has 10 nitrogen and oxygen atoms in total. The Balaban J connectivity index is 1.87. The van der Waals surface area contributed by atoms with E-state index in [4.69, 9.17) is 4.74 Å². The predicted molar refractivity (Wildman–Crippen MR) is 127 cm³/mol. The van der Waals surface area contributed by atoms with E-state index in [9.17, 15) is 28.9 Å². The normalized spacial score (nSPS) is 10.8. The zero-order valence-electron chi connectivity index (χ0n) is 18.4. The molecule has 0 radical (unpaired) electrons. The molecule has 178 valence electrons. The Hall–Kier alpha value is -4.45. The van der Waals surface area contributed by atoms with E-state index in [1.165, 1.54) is 35.7 Å². The van der Waals surface area contributed by atoms with Crippen molar-refractivity contribution in [1.82, 2.24) is 9.78 Å². The van der Waals surface area contributed by atoms with Crippen molar-refractivity contribution in [3.63, 3.8) is 0 Å². The number of benzene rings is 2. The quantitative estimate of drug-likeness (QED) is 0.240. The van der Waals surface area contributed by atoms with Gasteiger partial charge in [-0.15, -0.1) is 11.3 Å². The van der Waals surface area contributed by atoms with Crippen LogP contribution in [0.4, 0.5) is 15.1 Å². The minimum absolute atomic E-state index is 0.00190. The Kier molecular flexibility index (Phi) is 6.38. The molecule has 0 spiro atoms. The number of rotatable bonds is 6. The van der Waals surface area contributed by atoms with E-state index in [0.717, 1.165) is 28.2 Å². The Labute approximate surface area is 200 Å². The molecule has 0 saturated heterocycles. The summed E-state index contributed by atoms with van der Waals surface area (Å²) in [5, 5.41) is 19.4. The molecule has 12 heteroatoms. The van der Waals surface area contributed by atoms with Gasteiger partial charge in [0.15, 0.2) is 5.69 Å². The van der Waals surface area contributed by atoms with Gasteiger partial charge < -0.3 is 10.1 Å². The van der Waals surface area contributed by atoms with E-state index < -0.39 is 28.2 Å². The number of fused-ring (bicyclic) bond motifs is 1. The molecule has 4 rings (SSSR count). The van der Waals surface area contributed by atoms with Crippen LogP contribution in [0.25, 0.3) is 16.5 Å². The SMILES string of the molecule is CCOC(=O)c1nn(-c2ccccc2F)c(=O)c2c(NC(=O)c3ccc(C)c([N+](=O)[O-])c3)scc12. The van der Waals surface area contributed by atoms with Gasteiger partial charge >= 0.3 is 5.97 Å². The third-order valence-corrected chi connectivity index (χ3v) is 5.99. The molecule has 2 heterocycles. The van der Waals surface area contributed by atoms with E-state index in [2.05, 4.69) is 10.4 Å². The van der Waals surface area contributed by atoms with E-state index in [1.807, 2.05) is 0 Å². The van der Waals surface area contributed by atoms with E-state index >= 15 is 0 Å². The maximum absolute atomic E-state index is 14.5. The topological polar surface area (TPSA) is 133 Å². The first kappa shape index (κ1) is 23.7. The summed E-state index contributed by atoms with van der Waals surface area (Å²) in [6.45, 7) is 3.18. The third kappa shape index (κ3) is 4.38. The monoisotopic (exact) mass is 496 g/mol. The van der Waals surface area contributed by atoms with Gasteiger partial charge in [0, 0.05) is 28.0 Å². The second kappa shape index (κ2) is 9.43. The summed E-state index contributed by atoms with van der Waals surface area (Å²) >= 11 is 0.951. The van der Waals surface area contributed by atoms with Gasteiger partial charge in [-0.05, 0) is 32.0 Å². The van der Waals surface area contributed by atoms with Gasteiger partial charge in [0.1, 0.15) is 16.5 Å². The van der Waals surface area contributed by atoms with Gasteiger partial charge in [-0.1, -0.05) is 18.2 Å². The number of hydrogen-bond acceptors (Lipinski definition) is 8. The zero-order valence-corrected chi connectivity index (χ0v) is 19.2. The van der Waals surface area contributed by atoms with E-state index in [1.54, 1.807) is 13.8 Å². The summed E-state index contributed by atoms with van der Waals surface area (Å²) in [5.41, 5.74) is -1.05. The Morgan fingerprint density at radius 2 is 2.00 bits per heavy atom. The summed E-state index contributed by atoms with van der Waals surface area (Å²) in [6.07, 6.45) is 0. The van der Waals surface area contributed by atoms with Gasteiger partial charge in [-0.2, -0.15) is 9.78 Å². The number of thiophene rings is 1. The fraction of sp³-hybridized carbons (Fsp3) is 0.130. The number of nitrogens with one attached hydrogen (secondary N) is 1. The second-order valence-electron chi connectivity index (χ2n) is 7.30. The molecule has 2 aromatic heterocycles. The van der Waals surface area contributed by atoms with Crippen molar-refractivity contribution in [1.29, 1.82) is 0 Å². The zero-order chi connectivity index (χ0) is 25.3. The first-order valence-corrected chi connectivity index (χ1v) is 11.1. The summed E-state index contributed by atoms with van der Waals surface area (Å²) in [4.78, 5) is 49.5. The highest BCUT2D eigenvalue weighted by Gasteiger charge is 2.24. The smallest absolute Gasteiger partial charge is 0.359 e. The maximum atomic E-state index is 14.5. The molecule has 0 unspecified atom stereocenters. The van der Waals surface area contributed by atoms with Crippen LogP contribution in [0.2, 0.25) is 0 Å². The van der Waals surface area contributed by atoms with Crippen LogP contribution in [0.3, 0.4) is 0 Å². The number of amides is 1. The molecule has 0 bridgehead atoms. The molecule has 0 aliphatic heterocycles. The molecule has 0 aliphatic carbocycles. The van der Waals surface area contributed by atoms with Gasteiger partial charge in [0.2, 0.25) is 0 Å². The minimum Gasteiger partial charge on any atom is -0.461 e. The number of para-hydroxylation sites is 1. The fourth-order valence-corrected chi connectivity index (χ4v) is 4.33. The number of nitro benzene ring substituents is 1. The molecule has 0 fully saturated rings. The number of aryl methyl sites for hydroxylation is 1. The maximum Gasteiger partial charge on any atom is 0.359 e. The Bertz CT molecular complexity index is 1560. The summed E-state index contributed by atoms with van der Waals surface area (Å²) in [7, 11) is 0. The van der Waals surface area contributed by atoms with Gasteiger partial charge in [-0.25, -0.2) is 9.18 Å². The highest BCUT2D eigenvalue weighted by atomic mass is 32.1. The van der Waals surface area contributed by atoms with Crippen LogP contribution in [0.15, 0.2) is 52.6 Å². The molecular weight excluding hydrogens is 479 g/mol. The number of esters is 1. The van der Waals surface area contributed by atoms with Gasteiger partial charge in [-0.3, -0.25) is 19.7 Å². The summed E-state index contributed by atoms with van der Waals surface area (Å²) in [6, 6.07) is 9.37. The number of hydrogen-bond donors (Lipinski definition) is 1. The third-order valence-electron chi connectivity index (χ3n) is 5.10. The van der Waals surface area contributed by atoms with Crippen LogP contribution in [-0.2, 0) is 4.74 Å². The fourth-order valence-electron chi connectivity index (χ4n) is 3.40. The Morgan fingerprint density at radius 3 is 2.69 bits per heavy atom. The van der Waals surface area contributed by atoms with Gasteiger partial charge in [0.25, 0.3) is 17.2 Å². The molecule has 2 aromatic carbocycles. The number of anilines is 1. The van der Waals surface area contributed by atoms with Crippen molar-refractivity contribution in [2.24, 2.45) is 0 Å². The summed E-state index contributed by atoms with van der Waals surface area (Å²) < 4.78 is 20.3. The average molecular weight is 496 g/mol. The molecule has 0 atom stereocenters. The van der Waals surface area contributed by atoms with Crippen molar-refractivity contribution in [3.8, 4) is 5.69 Å². The van der Waals surface area contributed by atoms with Crippen molar-refractivity contribution in [3.05, 3.63) is 91.0 Å². The number of aromatic nitrogens is 2. The standard InChI is InChI=1S/C23H17FN4O6S/c1-3-34-23(31)19-14-11-35-21(25-20(29)13-9-8-12(2)17(10-13)28(32)33)18(14)22(30)27(26-19)16-7-5-4-6-15(16)24/h4-11H,3H2,1-2H3,(H,25,29). The molecular formula is C23H17FN4O6S. The van der Waals surface area contributed by atoms with Gasteiger partial charge in [0.05, 0.1) is 16.9 Å². The molecule has 0 aliphatic rings. The van der Waals surface area contributed by atoms with Crippen molar-refractivity contribution in [2.45, 2.75) is 13.8 Å². The van der Waals surface area contributed by atoms with E-state index in [-0.39, 0.29) is 45.0 Å².